The van der Waals surface area contributed by atoms with Crippen LogP contribution in [0.5, 0.6) is 11.5 Å². The predicted molar refractivity (Wildman–Crippen MR) is 76.2 cm³/mol. The largest absolute Gasteiger partial charge is 0.491 e. The van der Waals surface area contributed by atoms with Crippen LogP contribution in [0.4, 0.5) is 0 Å². The maximum atomic E-state index is 11.1. The second kappa shape index (κ2) is 6.38. The number of methoxy groups -OCH3 is 1. The molecule has 0 saturated heterocycles. The fourth-order valence-electron chi connectivity index (χ4n) is 1.67. The number of carboxylic acid groups (broad SMARTS) is 1. The van der Waals surface area contributed by atoms with Crippen molar-refractivity contribution in [2.45, 2.75) is 6.61 Å². The Morgan fingerprint density at radius 1 is 1.35 bits per heavy atom. The molecule has 0 atom stereocenters. The number of halogens is 1. The average Bonchev–Trinajstić information content (AvgIpc) is 2.45. The van der Waals surface area contributed by atoms with Gasteiger partial charge in [0.15, 0.2) is 17.2 Å². The van der Waals surface area contributed by atoms with E-state index in [0.717, 1.165) is 5.56 Å². The first-order valence-electron chi connectivity index (χ1n) is 5.76. The topological polar surface area (TPSA) is 68.7 Å². The van der Waals surface area contributed by atoms with E-state index in [-0.39, 0.29) is 11.4 Å². The summed E-state index contributed by atoms with van der Waals surface area (Å²) in [5, 5.41) is 9.11. The first kappa shape index (κ1) is 14.3. The lowest BCUT2D eigenvalue weighted by atomic mass is 10.2. The first-order valence-corrected chi connectivity index (χ1v) is 6.55. The van der Waals surface area contributed by atoms with E-state index in [1.807, 2.05) is 30.3 Å². The molecule has 104 valence electrons. The monoisotopic (exact) mass is 337 g/mol. The summed E-state index contributed by atoms with van der Waals surface area (Å²) in [4.78, 5) is 15.0. The lowest BCUT2D eigenvalue weighted by Crippen LogP contribution is -2.07. The van der Waals surface area contributed by atoms with Crippen LogP contribution in [0.1, 0.15) is 16.1 Å². The molecule has 2 aromatic rings. The summed E-state index contributed by atoms with van der Waals surface area (Å²) in [5.74, 6) is -0.736. The molecule has 5 nitrogen and oxygen atoms in total. The maximum Gasteiger partial charge on any atom is 0.358 e. The van der Waals surface area contributed by atoms with E-state index >= 15 is 0 Å². The van der Waals surface area contributed by atoms with E-state index in [1.165, 1.54) is 7.11 Å². The highest BCUT2D eigenvalue weighted by Crippen LogP contribution is 2.33. The van der Waals surface area contributed by atoms with Gasteiger partial charge in [-0.25, -0.2) is 9.78 Å². The smallest absolute Gasteiger partial charge is 0.358 e. The van der Waals surface area contributed by atoms with Crippen LogP contribution in [-0.2, 0) is 6.61 Å². The predicted octanol–water partition coefficient (Wildman–Crippen LogP) is 3.13. The zero-order chi connectivity index (χ0) is 14.5. The van der Waals surface area contributed by atoms with Crippen LogP contribution in [0, 0.1) is 0 Å². The van der Waals surface area contributed by atoms with Crippen molar-refractivity contribution in [3.63, 3.8) is 0 Å². The van der Waals surface area contributed by atoms with Gasteiger partial charge in [-0.15, -0.1) is 0 Å². The Kier molecular flexibility index (Phi) is 4.57. The quantitative estimate of drug-likeness (QED) is 0.849. The van der Waals surface area contributed by atoms with Gasteiger partial charge in [0.05, 0.1) is 7.11 Å². The van der Waals surface area contributed by atoms with E-state index in [0.29, 0.717) is 17.0 Å². The average molecular weight is 338 g/mol. The number of pyridine rings is 1. The summed E-state index contributed by atoms with van der Waals surface area (Å²) in [5.41, 5.74) is 0.782. The summed E-state index contributed by atoms with van der Waals surface area (Å²) in [6.45, 7) is 0.312. The number of ether oxygens (including phenoxy) is 2. The second-order valence-electron chi connectivity index (χ2n) is 3.90. The fourth-order valence-corrected chi connectivity index (χ4v) is 2.05. The van der Waals surface area contributed by atoms with E-state index in [4.69, 9.17) is 14.6 Å². The molecule has 0 spiro atoms. The summed E-state index contributed by atoms with van der Waals surface area (Å²) < 4.78 is 11.1. The second-order valence-corrected chi connectivity index (χ2v) is 4.72. The third-order valence-corrected chi connectivity index (χ3v) is 2.96. The molecule has 0 fully saturated rings. The van der Waals surface area contributed by atoms with Gasteiger partial charge in [0.1, 0.15) is 11.2 Å². The Morgan fingerprint density at radius 3 is 2.65 bits per heavy atom. The lowest BCUT2D eigenvalue weighted by Gasteiger charge is -2.12. The number of hydrogen-bond donors (Lipinski definition) is 1. The van der Waals surface area contributed by atoms with Crippen molar-refractivity contribution in [1.82, 2.24) is 4.98 Å². The molecule has 0 amide bonds. The maximum absolute atomic E-state index is 11.1. The fraction of sp³-hybridized carbons (Fsp3) is 0.143. The Hall–Kier alpha value is -2.08. The van der Waals surface area contributed by atoms with E-state index in [1.54, 1.807) is 6.07 Å². The van der Waals surface area contributed by atoms with Crippen molar-refractivity contribution in [2.75, 3.05) is 7.11 Å². The van der Waals surface area contributed by atoms with Gasteiger partial charge in [-0.3, -0.25) is 0 Å². The number of carboxylic acids is 1. The van der Waals surface area contributed by atoms with Gasteiger partial charge in [0, 0.05) is 6.07 Å². The Bertz CT molecular complexity index is 616. The summed E-state index contributed by atoms with van der Waals surface area (Å²) in [7, 11) is 1.38. The Balaban J connectivity index is 2.29. The van der Waals surface area contributed by atoms with Crippen LogP contribution in [0.2, 0.25) is 0 Å². The minimum absolute atomic E-state index is 0.108. The third kappa shape index (κ3) is 3.27. The molecule has 6 heteroatoms. The van der Waals surface area contributed by atoms with Crippen molar-refractivity contribution in [3.05, 3.63) is 52.3 Å². The van der Waals surface area contributed by atoms with Gasteiger partial charge in [0.2, 0.25) is 0 Å². The van der Waals surface area contributed by atoms with Gasteiger partial charge in [0.25, 0.3) is 0 Å². The highest BCUT2D eigenvalue weighted by Gasteiger charge is 2.19. The minimum Gasteiger partial charge on any atom is -0.491 e. The van der Waals surface area contributed by atoms with Crippen molar-refractivity contribution in [2.24, 2.45) is 0 Å². The van der Waals surface area contributed by atoms with Gasteiger partial charge in [-0.1, -0.05) is 30.3 Å². The van der Waals surface area contributed by atoms with Crippen LogP contribution in [0.25, 0.3) is 0 Å². The molecule has 0 saturated carbocycles. The molecule has 0 unspecified atom stereocenters. The number of carbonyl (C=O) groups is 1. The molecular formula is C14H12BrNO4. The molecule has 0 bridgehead atoms. The first-order chi connectivity index (χ1) is 9.61. The zero-order valence-electron chi connectivity index (χ0n) is 10.7. The molecule has 1 aromatic heterocycles. The summed E-state index contributed by atoms with van der Waals surface area (Å²) >= 11 is 3.16. The molecule has 0 radical (unpaired) electrons. The number of aromatic nitrogens is 1. The lowest BCUT2D eigenvalue weighted by molar-refractivity contribution is 0.0685. The summed E-state index contributed by atoms with van der Waals surface area (Å²) in [6, 6.07) is 11.1. The molecule has 0 aliphatic heterocycles. The van der Waals surface area contributed by atoms with Crippen molar-refractivity contribution in [3.8, 4) is 11.5 Å². The van der Waals surface area contributed by atoms with Gasteiger partial charge < -0.3 is 14.6 Å². The Labute approximate surface area is 124 Å². The number of aromatic carboxylic acids is 1. The van der Waals surface area contributed by atoms with Crippen molar-refractivity contribution in [1.29, 1.82) is 0 Å². The van der Waals surface area contributed by atoms with E-state index in [2.05, 4.69) is 20.9 Å². The van der Waals surface area contributed by atoms with E-state index in [9.17, 15) is 4.79 Å². The molecule has 1 aromatic carbocycles. The number of benzene rings is 1. The van der Waals surface area contributed by atoms with Crippen molar-refractivity contribution < 1.29 is 19.4 Å². The molecular weight excluding hydrogens is 326 g/mol. The molecule has 1 N–H and O–H groups in total. The van der Waals surface area contributed by atoms with Gasteiger partial charge >= 0.3 is 5.97 Å². The SMILES string of the molecule is COc1c(OCc2ccccc2)cc(Br)nc1C(=O)O. The molecule has 2 rings (SSSR count). The van der Waals surface area contributed by atoms with Crippen LogP contribution < -0.4 is 9.47 Å². The van der Waals surface area contributed by atoms with Crippen molar-refractivity contribution >= 4 is 21.9 Å². The molecule has 1 heterocycles. The van der Waals surface area contributed by atoms with Crippen LogP contribution in [0.15, 0.2) is 41.0 Å². The van der Waals surface area contributed by atoms with Crippen LogP contribution in [-0.4, -0.2) is 23.2 Å². The molecule has 0 aliphatic rings. The van der Waals surface area contributed by atoms with E-state index < -0.39 is 5.97 Å². The van der Waals surface area contributed by atoms with Gasteiger partial charge in [-0.05, 0) is 21.5 Å². The zero-order valence-corrected chi connectivity index (χ0v) is 12.3. The normalized spacial score (nSPS) is 10.1. The van der Waals surface area contributed by atoms with Crippen LogP contribution >= 0.6 is 15.9 Å². The highest BCUT2D eigenvalue weighted by molar-refractivity contribution is 9.10. The summed E-state index contributed by atoms with van der Waals surface area (Å²) in [6.07, 6.45) is 0. The number of rotatable bonds is 5. The molecule has 0 aliphatic carbocycles. The van der Waals surface area contributed by atoms with Crippen LogP contribution in [0.3, 0.4) is 0 Å². The van der Waals surface area contributed by atoms with Gasteiger partial charge in [-0.2, -0.15) is 0 Å². The minimum atomic E-state index is -1.17. The number of nitrogens with zero attached hydrogens (tertiary/aromatic N) is 1. The molecule has 20 heavy (non-hydrogen) atoms. The highest BCUT2D eigenvalue weighted by atomic mass is 79.9. The third-order valence-electron chi connectivity index (χ3n) is 2.55. The Morgan fingerprint density at radius 2 is 2.05 bits per heavy atom. The number of hydrogen-bond acceptors (Lipinski definition) is 4. The standard InChI is InChI=1S/C14H12BrNO4/c1-19-13-10(7-11(15)16-12(13)14(17)18)20-8-9-5-3-2-4-6-9/h2-7H,8H2,1H3,(H,17,18).